The van der Waals surface area contributed by atoms with Crippen molar-refractivity contribution in [1.29, 1.82) is 0 Å². The van der Waals surface area contributed by atoms with Crippen LogP contribution < -0.4 is 5.32 Å². The van der Waals surface area contributed by atoms with Crippen LogP contribution in [0.3, 0.4) is 0 Å². The number of amides is 3. The van der Waals surface area contributed by atoms with Gasteiger partial charge in [-0.2, -0.15) is 0 Å². The molecule has 1 aromatic heterocycles. The number of imide groups is 1. The van der Waals surface area contributed by atoms with Gasteiger partial charge in [-0.05, 0) is 0 Å². The van der Waals surface area contributed by atoms with E-state index < -0.39 is 12.0 Å². The summed E-state index contributed by atoms with van der Waals surface area (Å²) in [4.78, 5) is 34.8. The van der Waals surface area contributed by atoms with Gasteiger partial charge < -0.3 is 15.2 Å². The van der Waals surface area contributed by atoms with Crippen molar-refractivity contribution in [3.05, 3.63) is 11.4 Å². The molecule has 0 aliphatic carbocycles. The van der Waals surface area contributed by atoms with Crippen molar-refractivity contribution in [3.8, 4) is 0 Å². The number of carboxylic acids is 1. The molecule has 0 radical (unpaired) electrons. The maximum Gasteiger partial charge on any atom is 0.358 e. The number of nitrogens with zero attached hydrogens (tertiary/aromatic N) is 4. The van der Waals surface area contributed by atoms with Crippen LogP contribution in [-0.2, 0) is 22.7 Å². The molecule has 1 aliphatic rings. The average molecular weight is 283 g/mol. The number of hydrogen-bond donors (Lipinski definition) is 2. The molecule has 0 bridgehead atoms. The predicted octanol–water partition coefficient (Wildman–Crippen LogP) is -1.33. The molecule has 0 unspecified atom stereocenters. The Morgan fingerprint density at radius 2 is 2.20 bits per heavy atom. The normalized spacial score (nSPS) is 14.8. The van der Waals surface area contributed by atoms with Crippen LogP contribution in [0.2, 0.25) is 0 Å². The van der Waals surface area contributed by atoms with Gasteiger partial charge in [0.15, 0.2) is 5.69 Å². The Labute approximate surface area is 113 Å². The molecule has 3 amide bonds. The molecule has 1 fully saturated rings. The fourth-order valence-electron chi connectivity index (χ4n) is 1.83. The van der Waals surface area contributed by atoms with E-state index in [0.717, 1.165) is 4.90 Å². The highest BCUT2D eigenvalue weighted by Gasteiger charge is 2.28. The Kier molecular flexibility index (Phi) is 3.94. The number of urea groups is 1. The molecular formula is C10H13N5O5. The molecule has 20 heavy (non-hydrogen) atoms. The Morgan fingerprint density at radius 1 is 1.45 bits per heavy atom. The largest absolute Gasteiger partial charge is 0.476 e. The van der Waals surface area contributed by atoms with Crippen LogP contribution in [0.1, 0.15) is 16.2 Å². The fourth-order valence-corrected chi connectivity index (χ4v) is 1.83. The zero-order valence-corrected chi connectivity index (χ0v) is 10.7. The number of aromatic nitrogens is 3. The summed E-state index contributed by atoms with van der Waals surface area (Å²) in [5, 5.41) is 18.6. The highest BCUT2D eigenvalue weighted by molar-refractivity contribution is 6.01. The van der Waals surface area contributed by atoms with E-state index in [9.17, 15) is 14.4 Å². The standard InChI is InChI=1S/C10H13N5O5/c1-20-5-6-8(9(17)18)12-13-15(6)3-2-14-7(16)4-11-10(14)19/h2-5H2,1H3,(H,11,19)(H,17,18). The van der Waals surface area contributed by atoms with Crippen LogP contribution in [0.25, 0.3) is 0 Å². The van der Waals surface area contributed by atoms with Crippen LogP contribution in [0.15, 0.2) is 0 Å². The molecule has 0 spiro atoms. The number of hydrogen-bond acceptors (Lipinski definition) is 6. The van der Waals surface area contributed by atoms with E-state index in [1.54, 1.807) is 0 Å². The number of rotatable bonds is 6. The van der Waals surface area contributed by atoms with Crippen molar-refractivity contribution < 1.29 is 24.2 Å². The zero-order chi connectivity index (χ0) is 14.7. The minimum Gasteiger partial charge on any atom is -0.476 e. The van der Waals surface area contributed by atoms with E-state index in [1.165, 1.54) is 11.8 Å². The third-order valence-electron chi connectivity index (χ3n) is 2.79. The van der Waals surface area contributed by atoms with Crippen LogP contribution >= 0.6 is 0 Å². The number of aromatic carboxylic acids is 1. The molecule has 2 heterocycles. The third kappa shape index (κ3) is 2.59. The minimum atomic E-state index is -1.21. The lowest BCUT2D eigenvalue weighted by Crippen LogP contribution is -2.34. The molecule has 10 nitrogen and oxygen atoms in total. The molecule has 0 saturated carbocycles. The summed E-state index contributed by atoms with van der Waals surface area (Å²) in [6.45, 7) is 0.234. The van der Waals surface area contributed by atoms with Crippen molar-refractivity contribution >= 4 is 17.9 Å². The highest BCUT2D eigenvalue weighted by Crippen LogP contribution is 2.08. The molecule has 1 aliphatic heterocycles. The topological polar surface area (TPSA) is 127 Å². The fraction of sp³-hybridized carbons (Fsp3) is 0.500. The summed E-state index contributed by atoms with van der Waals surface area (Å²) in [5.74, 6) is -1.54. The second kappa shape index (κ2) is 5.65. The molecule has 108 valence electrons. The van der Waals surface area contributed by atoms with Crippen molar-refractivity contribution in [2.24, 2.45) is 0 Å². The Bertz CT molecular complexity index is 538. The molecule has 0 atom stereocenters. The molecule has 1 saturated heterocycles. The van der Waals surface area contributed by atoms with E-state index in [0.29, 0.717) is 0 Å². The smallest absolute Gasteiger partial charge is 0.358 e. The van der Waals surface area contributed by atoms with Gasteiger partial charge in [0.1, 0.15) is 0 Å². The highest BCUT2D eigenvalue weighted by atomic mass is 16.5. The lowest BCUT2D eigenvalue weighted by molar-refractivity contribution is -0.125. The number of carboxylic acid groups (broad SMARTS) is 1. The lowest BCUT2D eigenvalue weighted by atomic mass is 10.3. The number of carbonyl (C=O) groups is 3. The van der Waals surface area contributed by atoms with Crippen molar-refractivity contribution in [2.45, 2.75) is 13.2 Å². The van der Waals surface area contributed by atoms with Gasteiger partial charge in [0.25, 0.3) is 0 Å². The maximum atomic E-state index is 11.4. The molecule has 10 heteroatoms. The maximum absolute atomic E-state index is 11.4. The SMILES string of the molecule is COCc1c(C(=O)O)nnn1CCN1C(=O)CNC1=O. The molecule has 2 N–H and O–H groups in total. The number of ether oxygens (including phenoxy) is 1. The lowest BCUT2D eigenvalue weighted by Gasteiger charge is -2.13. The van der Waals surface area contributed by atoms with Gasteiger partial charge in [-0.1, -0.05) is 5.21 Å². The summed E-state index contributed by atoms with van der Waals surface area (Å²) in [6, 6.07) is -0.470. The van der Waals surface area contributed by atoms with E-state index in [2.05, 4.69) is 15.6 Å². The van der Waals surface area contributed by atoms with Crippen LogP contribution in [0, 0.1) is 0 Å². The number of methoxy groups -OCH3 is 1. The van der Waals surface area contributed by atoms with E-state index in [-0.39, 0.29) is 43.5 Å². The molecular weight excluding hydrogens is 270 g/mol. The molecule has 0 aromatic carbocycles. The van der Waals surface area contributed by atoms with Crippen molar-refractivity contribution in [3.63, 3.8) is 0 Å². The predicted molar refractivity (Wildman–Crippen MR) is 62.8 cm³/mol. The molecule has 2 rings (SSSR count). The van der Waals surface area contributed by atoms with Gasteiger partial charge in [0.05, 0.1) is 31.9 Å². The Balaban J connectivity index is 2.11. The first-order valence-electron chi connectivity index (χ1n) is 5.77. The zero-order valence-electron chi connectivity index (χ0n) is 10.7. The van der Waals surface area contributed by atoms with Crippen LogP contribution in [0.4, 0.5) is 4.79 Å². The quantitative estimate of drug-likeness (QED) is 0.619. The van der Waals surface area contributed by atoms with E-state index >= 15 is 0 Å². The summed E-state index contributed by atoms with van der Waals surface area (Å²) >= 11 is 0. The van der Waals surface area contributed by atoms with E-state index in [4.69, 9.17) is 9.84 Å². The Morgan fingerprint density at radius 3 is 2.75 bits per heavy atom. The van der Waals surface area contributed by atoms with Crippen LogP contribution in [0.5, 0.6) is 0 Å². The minimum absolute atomic E-state index is 0.0226. The number of carbonyl (C=O) groups excluding carboxylic acids is 2. The first-order chi connectivity index (χ1) is 9.54. The molecule has 1 aromatic rings. The average Bonchev–Trinajstić information content (AvgIpc) is 2.93. The first-order valence-corrected chi connectivity index (χ1v) is 5.77. The number of nitrogens with one attached hydrogen (secondary N) is 1. The van der Waals surface area contributed by atoms with Crippen molar-refractivity contribution in [2.75, 3.05) is 20.2 Å². The van der Waals surface area contributed by atoms with Gasteiger partial charge >= 0.3 is 12.0 Å². The van der Waals surface area contributed by atoms with Crippen LogP contribution in [-0.4, -0.2) is 63.1 Å². The summed E-state index contributed by atoms with van der Waals surface area (Å²) in [7, 11) is 1.42. The van der Waals surface area contributed by atoms with Gasteiger partial charge in [-0.25, -0.2) is 14.3 Å². The van der Waals surface area contributed by atoms with Gasteiger partial charge in [-0.3, -0.25) is 9.69 Å². The van der Waals surface area contributed by atoms with Gasteiger partial charge in [0.2, 0.25) is 5.91 Å². The first kappa shape index (κ1) is 13.9. The third-order valence-corrected chi connectivity index (χ3v) is 2.79. The summed E-state index contributed by atoms with van der Waals surface area (Å²) < 4.78 is 6.22. The second-order valence-electron chi connectivity index (χ2n) is 4.05. The Hall–Kier alpha value is -2.49. The second-order valence-corrected chi connectivity index (χ2v) is 4.05. The van der Waals surface area contributed by atoms with Crippen molar-refractivity contribution in [1.82, 2.24) is 25.2 Å². The monoisotopic (exact) mass is 283 g/mol. The van der Waals surface area contributed by atoms with Gasteiger partial charge in [0, 0.05) is 7.11 Å². The van der Waals surface area contributed by atoms with Gasteiger partial charge in [-0.15, -0.1) is 5.10 Å². The summed E-state index contributed by atoms with van der Waals surface area (Å²) in [6.07, 6.45) is 0. The van der Waals surface area contributed by atoms with E-state index in [1.807, 2.05) is 0 Å². The summed E-state index contributed by atoms with van der Waals surface area (Å²) in [5.41, 5.74) is 0.0797.